The summed E-state index contributed by atoms with van der Waals surface area (Å²) in [7, 11) is 0. The van der Waals surface area contributed by atoms with Crippen LogP contribution in [0.4, 0.5) is 4.79 Å². The summed E-state index contributed by atoms with van der Waals surface area (Å²) in [6.45, 7) is 10.3. The standard InChI is InChI=1S/C11H22N2O2/c1-9-8-13(7-5-6-12-9)10(14)15-11(2,3)4/h9,12H,5-8H2,1-4H3/t9-/m1/s1. The van der Waals surface area contributed by atoms with E-state index in [0.717, 1.165) is 26.1 Å². The minimum Gasteiger partial charge on any atom is -0.444 e. The zero-order valence-corrected chi connectivity index (χ0v) is 10.2. The van der Waals surface area contributed by atoms with E-state index in [2.05, 4.69) is 12.2 Å². The molecule has 0 bridgehead atoms. The lowest BCUT2D eigenvalue weighted by atomic mass is 10.2. The Labute approximate surface area is 92.0 Å². The maximum atomic E-state index is 11.8. The third-order valence-corrected chi connectivity index (χ3v) is 2.24. The molecule has 4 nitrogen and oxygen atoms in total. The Bertz CT molecular complexity index is 223. The first kappa shape index (κ1) is 12.3. The highest BCUT2D eigenvalue weighted by Crippen LogP contribution is 2.11. The number of carbonyl (C=O) groups is 1. The zero-order valence-electron chi connectivity index (χ0n) is 10.2. The van der Waals surface area contributed by atoms with Crippen LogP contribution in [0.2, 0.25) is 0 Å². The van der Waals surface area contributed by atoms with Gasteiger partial charge in [-0.05, 0) is 40.7 Å². The molecule has 88 valence electrons. The summed E-state index contributed by atoms with van der Waals surface area (Å²) in [4.78, 5) is 13.6. The van der Waals surface area contributed by atoms with Crippen LogP contribution in [-0.4, -0.2) is 42.3 Å². The van der Waals surface area contributed by atoms with Crippen molar-refractivity contribution < 1.29 is 9.53 Å². The quantitative estimate of drug-likeness (QED) is 0.666. The molecule has 1 rings (SSSR count). The Kier molecular flexibility index (Phi) is 3.97. The van der Waals surface area contributed by atoms with Gasteiger partial charge in [0.05, 0.1) is 0 Å². The maximum absolute atomic E-state index is 11.8. The number of nitrogens with zero attached hydrogens (tertiary/aromatic N) is 1. The van der Waals surface area contributed by atoms with Crippen LogP contribution in [0, 0.1) is 0 Å². The Morgan fingerprint density at radius 2 is 2.13 bits per heavy atom. The molecule has 1 saturated heterocycles. The lowest BCUT2D eigenvalue weighted by Crippen LogP contribution is -2.41. The lowest BCUT2D eigenvalue weighted by molar-refractivity contribution is 0.0250. The van der Waals surface area contributed by atoms with Crippen molar-refractivity contribution in [1.82, 2.24) is 10.2 Å². The third kappa shape index (κ3) is 4.51. The summed E-state index contributed by atoms with van der Waals surface area (Å²) in [5.41, 5.74) is -0.403. The molecular weight excluding hydrogens is 192 g/mol. The maximum Gasteiger partial charge on any atom is 0.410 e. The second-order valence-corrected chi connectivity index (χ2v) is 5.14. The van der Waals surface area contributed by atoms with Crippen LogP contribution < -0.4 is 5.32 Å². The van der Waals surface area contributed by atoms with Crippen LogP contribution >= 0.6 is 0 Å². The van der Waals surface area contributed by atoms with Crippen molar-refractivity contribution >= 4 is 6.09 Å². The van der Waals surface area contributed by atoms with Gasteiger partial charge in [-0.2, -0.15) is 0 Å². The number of rotatable bonds is 0. The molecule has 0 radical (unpaired) electrons. The highest BCUT2D eigenvalue weighted by Gasteiger charge is 2.24. The number of hydrogen-bond acceptors (Lipinski definition) is 3. The van der Waals surface area contributed by atoms with Crippen LogP contribution in [0.5, 0.6) is 0 Å². The largest absolute Gasteiger partial charge is 0.444 e. The molecule has 1 aliphatic heterocycles. The number of amides is 1. The van der Waals surface area contributed by atoms with Crippen molar-refractivity contribution in [2.75, 3.05) is 19.6 Å². The highest BCUT2D eigenvalue weighted by molar-refractivity contribution is 5.68. The van der Waals surface area contributed by atoms with E-state index in [0.29, 0.717) is 6.04 Å². The van der Waals surface area contributed by atoms with E-state index < -0.39 is 5.60 Å². The molecule has 1 aliphatic rings. The number of nitrogens with one attached hydrogen (secondary N) is 1. The molecule has 0 spiro atoms. The summed E-state index contributed by atoms with van der Waals surface area (Å²) in [6.07, 6.45) is 0.793. The van der Waals surface area contributed by atoms with E-state index in [4.69, 9.17) is 4.74 Å². The van der Waals surface area contributed by atoms with Gasteiger partial charge in [-0.1, -0.05) is 0 Å². The van der Waals surface area contributed by atoms with Crippen LogP contribution in [-0.2, 0) is 4.74 Å². The summed E-state index contributed by atoms with van der Waals surface area (Å²) in [6, 6.07) is 0.347. The van der Waals surface area contributed by atoms with Gasteiger partial charge in [-0.3, -0.25) is 0 Å². The normalized spacial score (nSPS) is 23.5. The Morgan fingerprint density at radius 3 is 2.73 bits per heavy atom. The van der Waals surface area contributed by atoms with Crippen LogP contribution in [0.15, 0.2) is 0 Å². The minimum absolute atomic E-state index is 0.196. The Balaban J connectivity index is 2.50. The summed E-state index contributed by atoms with van der Waals surface area (Å²) in [5.74, 6) is 0. The molecule has 1 amide bonds. The molecule has 0 aromatic rings. The molecule has 1 heterocycles. The first-order valence-electron chi connectivity index (χ1n) is 5.60. The van der Waals surface area contributed by atoms with Crippen molar-refractivity contribution in [2.24, 2.45) is 0 Å². The molecule has 1 atom stereocenters. The first-order chi connectivity index (χ1) is 6.88. The fraction of sp³-hybridized carbons (Fsp3) is 0.909. The molecule has 1 N–H and O–H groups in total. The Morgan fingerprint density at radius 1 is 1.47 bits per heavy atom. The fourth-order valence-corrected chi connectivity index (χ4v) is 1.60. The van der Waals surface area contributed by atoms with Crippen LogP contribution in [0.25, 0.3) is 0 Å². The van der Waals surface area contributed by atoms with Crippen molar-refractivity contribution in [1.29, 1.82) is 0 Å². The third-order valence-electron chi connectivity index (χ3n) is 2.24. The van der Waals surface area contributed by atoms with Gasteiger partial charge in [0.25, 0.3) is 0 Å². The van der Waals surface area contributed by atoms with Crippen molar-refractivity contribution in [2.45, 2.75) is 45.8 Å². The van der Waals surface area contributed by atoms with Crippen molar-refractivity contribution in [3.8, 4) is 0 Å². The SMILES string of the molecule is C[C@@H]1CN(C(=O)OC(C)(C)C)CCCN1. The summed E-state index contributed by atoms with van der Waals surface area (Å²) >= 11 is 0. The minimum atomic E-state index is -0.403. The zero-order chi connectivity index (χ0) is 11.5. The van der Waals surface area contributed by atoms with Crippen LogP contribution in [0.1, 0.15) is 34.1 Å². The number of ether oxygens (including phenoxy) is 1. The summed E-state index contributed by atoms with van der Waals surface area (Å²) in [5, 5.41) is 3.34. The smallest absolute Gasteiger partial charge is 0.410 e. The molecule has 0 aliphatic carbocycles. The van der Waals surface area contributed by atoms with E-state index in [1.165, 1.54) is 0 Å². The van der Waals surface area contributed by atoms with Gasteiger partial charge < -0.3 is 15.0 Å². The van der Waals surface area contributed by atoms with Gasteiger partial charge in [-0.15, -0.1) is 0 Å². The second-order valence-electron chi connectivity index (χ2n) is 5.14. The predicted octanol–water partition coefficient (Wildman–Crippen LogP) is 1.61. The van der Waals surface area contributed by atoms with E-state index in [1.54, 1.807) is 4.90 Å². The second kappa shape index (κ2) is 4.84. The molecule has 4 heteroatoms. The molecule has 0 saturated carbocycles. The van der Waals surface area contributed by atoms with Crippen molar-refractivity contribution in [3.05, 3.63) is 0 Å². The lowest BCUT2D eigenvalue weighted by Gasteiger charge is -2.27. The number of hydrogen-bond donors (Lipinski definition) is 1. The van der Waals surface area contributed by atoms with Gasteiger partial charge in [0.2, 0.25) is 0 Å². The van der Waals surface area contributed by atoms with Gasteiger partial charge in [0.1, 0.15) is 5.60 Å². The van der Waals surface area contributed by atoms with Gasteiger partial charge in [-0.25, -0.2) is 4.79 Å². The van der Waals surface area contributed by atoms with E-state index in [-0.39, 0.29) is 6.09 Å². The molecular formula is C11H22N2O2. The summed E-state index contributed by atoms with van der Waals surface area (Å²) < 4.78 is 5.34. The van der Waals surface area contributed by atoms with Crippen molar-refractivity contribution in [3.63, 3.8) is 0 Å². The molecule has 0 unspecified atom stereocenters. The van der Waals surface area contributed by atoms with E-state index in [9.17, 15) is 4.79 Å². The number of carbonyl (C=O) groups excluding carboxylic acids is 1. The average molecular weight is 214 g/mol. The monoisotopic (exact) mass is 214 g/mol. The van der Waals surface area contributed by atoms with Gasteiger partial charge in [0, 0.05) is 19.1 Å². The highest BCUT2D eigenvalue weighted by atomic mass is 16.6. The topological polar surface area (TPSA) is 41.6 Å². The first-order valence-corrected chi connectivity index (χ1v) is 5.60. The van der Waals surface area contributed by atoms with Gasteiger partial charge in [0.15, 0.2) is 0 Å². The van der Waals surface area contributed by atoms with E-state index >= 15 is 0 Å². The molecule has 0 aromatic carbocycles. The molecule has 0 aromatic heterocycles. The van der Waals surface area contributed by atoms with Crippen LogP contribution in [0.3, 0.4) is 0 Å². The predicted molar refractivity (Wildman–Crippen MR) is 59.9 cm³/mol. The molecule has 15 heavy (non-hydrogen) atoms. The Hall–Kier alpha value is -0.770. The van der Waals surface area contributed by atoms with Gasteiger partial charge >= 0.3 is 6.09 Å². The van der Waals surface area contributed by atoms with E-state index in [1.807, 2.05) is 20.8 Å². The fourth-order valence-electron chi connectivity index (χ4n) is 1.60. The molecule has 1 fully saturated rings. The average Bonchev–Trinajstić information content (AvgIpc) is 2.26.